The molecule has 0 spiro atoms. The highest BCUT2D eigenvalue weighted by Crippen LogP contribution is 2.28. The zero-order valence-electron chi connectivity index (χ0n) is 9.17. The van der Waals surface area contributed by atoms with E-state index < -0.39 is 0 Å². The van der Waals surface area contributed by atoms with Crippen molar-refractivity contribution in [1.82, 2.24) is 0 Å². The predicted molar refractivity (Wildman–Crippen MR) is 64.5 cm³/mol. The molecular formula is C11H15ClN2O. The SMILES string of the molecule is COc1ccc(N=C(N)CCl)c(C)c1C. The Balaban J connectivity index is 3.18. The predicted octanol–water partition coefficient (Wildman–Crippen LogP) is 2.54. The van der Waals surface area contributed by atoms with E-state index in [-0.39, 0.29) is 5.88 Å². The molecule has 0 aliphatic carbocycles. The van der Waals surface area contributed by atoms with Gasteiger partial charge in [-0.2, -0.15) is 0 Å². The van der Waals surface area contributed by atoms with E-state index in [9.17, 15) is 0 Å². The minimum absolute atomic E-state index is 0.241. The molecule has 0 aliphatic rings. The first-order chi connectivity index (χ1) is 7.10. The van der Waals surface area contributed by atoms with Gasteiger partial charge in [-0.25, -0.2) is 4.99 Å². The number of methoxy groups -OCH3 is 1. The maximum atomic E-state index is 5.58. The van der Waals surface area contributed by atoms with Gasteiger partial charge in [-0.3, -0.25) is 0 Å². The first-order valence-corrected chi connectivity index (χ1v) is 5.16. The van der Waals surface area contributed by atoms with Crippen LogP contribution < -0.4 is 10.5 Å². The Kier molecular flexibility index (Phi) is 3.97. The number of halogens is 1. The zero-order valence-corrected chi connectivity index (χ0v) is 9.93. The Labute approximate surface area is 94.9 Å². The number of benzene rings is 1. The molecule has 0 amide bonds. The average Bonchev–Trinajstić information content (AvgIpc) is 2.25. The molecule has 0 atom stereocenters. The van der Waals surface area contributed by atoms with Gasteiger partial charge < -0.3 is 10.5 Å². The van der Waals surface area contributed by atoms with Gasteiger partial charge in [0.1, 0.15) is 11.6 Å². The topological polar surface area (TPSA) is 47.6 Å². The molecule has 0 heterocycles. The fourth-order valence-corrected chi connectivity index (χ4v) is 1.37. The summed E-state index contributed by atoms with van der Waals surface area (Å²) < 4.78 is 5.21. The number of alkyl halides is 1. The van der Waals surface area contributed by atoms with Crippen LogP contribution in [0.15, 0.2) is 17.1 Å². The third kappa shape index (κ3) is 2.63. The number of nitrogens with zero attached hydrogens (tertiary/aromatic N) is 1. The first-order valence-electron chi connectivity index (χ1n) is 4.63. The molecule has 4 heteroatoms. The van der Waals surface area contributed by atoms with Crippen molar-refractivity contribution in [2.45, 2.75) is 13.8 Å². The number of nitrogens with two attached hydrogens (primary N) is 1. The van der Waals surface area contributed by atoms with Crippen molar-refractivity contribution in [3.63, 3.8) is 0 Å². The quantitative estimate of drug-likeness (QED) is 0.489. The van der Waals surface area contributed by atoms with Crippen LogP contribution >= 0.6 is 11.6 Å². The lowest BCUT2D eigenvalue weighted by Crippen LogP contribution is -2.12. The Morgan fingerprint density at radius 1 is 1.40 bits per heavy atom. The van der Waals surface area contributed by atoms with Gasteiger partial charge in [0.05, 0.1) is 18.7 Å². The molecule has 82 valence electrons. The highest BCUT2D eigenvalue weighted by Gasteiger charge is 2.05. The standard InChI is InChI=1S/C11H15ClN2O/c1-7-8(2)10(15-3)5-4-9(7)14-11(13)6-12/h4-5H,6H2,1-3H3,(H2,13,14). The summed E-state index contributed by atoms with van der Waals surface area (Å²) in [5.41, 5.74) is 8.55. The van der Waals surface area contributed by atoms with Gasteiger partial charge in [-0.15, -0.1) is 11.6 Å². The summed E-state index contributed by atoms with van der Waals surface area (Å²) in [4.78, 5) is 4.22. The van der Waals surface area contributed by atoms with Crippen LogP contribution in [-0.4, -0.2) is 18.8 Å². The van der Waals surface area contributed by atoms with Crippen LogP contribution in [0, 0.1) is 13.8 Å². The summed E-state index contributed by atoms with van der Waals surface area (Å²) in [6.45, 7) is 3.97. The Morgan fingerprint density at radius 3 is 2.60 bits per heavy atom. The van der Waals surface area contributed by atoms with Gasteiger partial charge in [-0.05, 0) is 37.1 Å². The van der Waals surface area contributed by atoms with Crippen molar-refractivity contribution in [2.24, 2.45) is 10.7 Å². The lowest BCUT2D eigenvalue weighted by molar-refractivity contribution is 0.411. The molecule has 1 aromatic rings. The normalized spacial score (nSPS) is 11.6. The van der Waals surface area contributed by atoms with Gasteiger partial charge in [-0.1, -0.05) is 0 Å². The van der Waals surface area contributed by atoms with Crippen molar-refractivity contribution in [3.8, 4) is 5.75 Å². The molecule has 0 saturated carbocycles. The summed E-state index contributed by atoms with van der Waals surface area (Å²) >= 11 is 5.57. The van der Waals surface area contributed by atoms with Crippen LogP contribution in [0.2, 0.25) is 0 Å². The number of amidine groups is 1. The van der Waals surface area contributed by atoms with E-state index in [0.717, 1.165) is 22.6 Å². The smallest absolute Gasteiger partial charge is 0.122 e. The molecule has 1 aromatic carbocycles. The number of hydrogen-bond donors (Lipinski definition) is 1. The van der Waals surface area contributed by atoms with E-state index in [1.54, 1.807) is 7.11 Å². The summed E-state index contributed by atoms with van der Waals surface area (Å²) in [5.74, 6) is 1.52. The molecule has 1 rings (SSSR count). The van der Waals surface area contributed by atoms with Crippen molar-refractivity contribution in [3.05, 3.63) is 23.3 Å². The molecular weight excluding hydrogens is 212 g/mol. The van der Waals surface area contributed by atoms with Crippen LogP contribution in [0.3, 0.4) is 0 Å². The first kappa shape index (κ1) is 11.9. The largest absolute Gasteiger partial charge is 0.496 e. The number of ether oxygens (including phenoxy) is 1. The minimum Gasteiger partial charge on any atom is -0.496 e. The van der Waals surface area contributed by atoms with E-state index in [2.05, 4.69) is 4.99 Å². The van der Waals surface area contributed by atoms with Crippen molar-refractivity contribution >= 4 is 23.1 Å². The van der Waals surface area contributed by atoms with Crippen LogP contribution in [0.4, 0.5) is 5.69 Å². The van der Waals surface area contributed by atoms with E-state index in [1.807, 2.05) is 26.0 Å². The van der Waals surface area contributed by atoms with Crippen LogP contribution in [0.25, 0.3) is 0 Å². The lowest BCUT2D eigenvalue weighted by Gasteiger charge is -2.09. The third-order valence-electron chi connectivity index (χ3n) is 2.33. The molecule has 15 heavy (non-hydrogen) atoms. The summed E-state index contributed by atoms with van der Waals surface area (Å²) in [6, 6.07) is 3.75. The Hall–Kier alpha value is -1.22. The molecule has 2 N–H and O–H groups in total. The molecule has 0 bridgehead atoms. The molecule has 0 fully saturated rings. The number of hydrogen-bond acceptors (Lipinski definition) is 2. The van der Waals surface area contributed by atoms with Crippen LogP contribution in [0.5, 0.6) is 5.75 Å². The van der Waals surface area contributed by atoms with Gasteiger partial charge in [0.2, 0.25) is 0 Å². The highest BCUT2D eigenvalue weighted by atomic mass is 35.5. The van der Waals surface area contributed by atoms with E-state index >= 15 is 0 Å². The van der Waals surface area contributed by atoms with Gasteiger partial charge in [0.25, 0.3) is 0 Å². The molecule has 0 radical (unpaired) electrons. The van der Waals surface area contributed by atoms with E-state index in [4.69, 9.17) is 22.1 Å². The fraction of sp³-hybridized carbons (Fsp3) is 0.364. The second kappa shape index (κ2) is 5.03. The maximum absolute atomic E-state index is 5.58. The number of rotatable bonds is 3. The summed E-state index contributed by atoms with van der Waals surface area (Å²) in [5, 5.41) is 0. The van der Waals surface area contributed by atoms with Gasteiger partial charge in [0, 0.05) is 0 Å². The van der Waals surface area contributed by atoms with Gasteiger partial charge >= 0.3 is 0 Å². The molecule has 0 aliphatic heterocycles. The van der Waals surface area contributed by atoms with Crippen molar-refractivity contribution < 1.29 is 4.74 Å². The zero-order chi connectivity index (χ0) is 11.4. The fourth-order valence-electron chi connectivity index (χ4n) is 1.31. The summed E-state index contributed by atoms with van der Waals surface area (Å²) in [6.07, 6.45) is 0. The second-order valence-electron chi connectivity index (χ2n) is 3.27. The molecule has 0 unspecified atom stereocenters. The third-order valence-corrected chi connectivity index (χ3v) is 2.60. The van der Waals surface area contributed by atoms with E-state index in [1.165, 1.54) is 0 Å². The second-order valence-corrected chi connectivity index (χ2v) is 3.54. The lowest BCUT2D eigenvalue weighted by atomic mass is 10.1. The minimum atomic E-state index is 0.241. The van der Waals surface area contributed by atoms with Crippen molar-refractivity contribution in [1.29, 1.82) is 0 Å². The molecule has 3 nitrogen and oxygen atoms in total. The molecule has 0 aromatic heterocycles. The van der Waals surface area contributed by atoms with Crippen LogP contribution in [0.1, 0.15) is 11.1 Å². The Bertz CT molecular complexity index is 388. The van der Waals surface area contributed by atoms with E-state index in [0.29, 0.717) is 5.84 Å². The summed E-state index contributed by atoms with van der Waals surface area (Å²) in [7, 11) is 1.65. The maximum Gasteiger partial charge on any atom is 0.122 e. The highest BCUT2D eigenvalue weighted by molar-refractivity contribution is 6.28. The van der Waals surface area contributed by atoms with Crippen LogP contribution in [-0.2, 0) is 0 Å². The number of aliphatic imine (C=N–C) groups is 1. The van der Waals surface area contributed by atoms with Gasteiger partial charge in [0.15, 0.2) is 0 Å². The molecule has 0 saturated heterocycles. The Morgan fingerprint density at radius 2 is 2.07 bits per heavy atom. The monoisotopic (exact) mass is 226 g/mol. The average molecular weight is 227 g/mol. The van der Waals surface area contributed by atoms with Crippen molar-refractivity contribution in [2.75, 3.05) is 13.0 Å².